The quantitative estimate of drug-likeness (QED) is 0.512. The molecule has 3 rings (SSSR count). The second-order valence-electron chi connectivity index (χ2n) is 6.34. The molecule has 7 heteroatoms. The number of amides is 1. The smallest absolute Gasteiger partial charge is 0.265 e. The van der Waals surface area contributed by atoms with Crippen molar-refractivity contribution in [1.29, 1.82) is 0 Å². The summed E-state index contributed by atoms with van der Waals surface area (Å²) in [6.45, 7) is 2.60. The first-order valence-corrected chi connectivity index (χ1v) is 11.9. The van der Waals surface area contributed by atoms with Gasteiger partial charge >= 0.3 is 0 Å². The molecule has 0 saturated heterocycles. The summed E-state index contributed by atoms with van der Waals surface area (Å²) in [5.41, 5.74) is 1.02. The lowest BCUT2D eigenvalue weighted by Crippen LogP contribution is -2.25. The second kappa shape index (κ2) is 9.71. The van der Waals surface area contributed by atoms with Gasteiger partial charge in [-0.2, -0.15) is 0 Å². The van der Waals surface area contributed by atoms with Crippen LogP contribution < -0.4 is 10.1 Å². The molecule has 0 unspecified atom stereocenters. The maximum Gasteiger partial charge on any atom is 0.265 e. The first-order chi connectivity index (χ1) is 14.0. The summed E-state index contributed by atoms with van der Waals surface area (Å²) in [5, 5.41) is 2.81. The van der Waals surface area contributed by atoms with E-state index in [1.54, 1.807) is 30.3 Å². The molecule has 0 saturated carbocycles. The third kappa shape index (κ3) is 5.46. The van der Waals surface area contributed by atoms with E-state index in [4.69, 9.17) is 4.74 Å². The van der Waals surface area contributed by atoms with Gasteiger partial charge in [-0.15, -0.1) is 11.3 Å². The molecule has 1 heterocycles. The lowest BCUT2D eigenvalue weighted by Gasteiger charge is -2.07. The van der Waals surface area contributed by atoms with Crippen molar-refractivity contribution in [2.75, 3.05) is 18.9 Å². The van der Waals surface area contributed by atoms with Crippen LogP contribution in [0.1, 0.15) is 23.0 Å². The molecule has 1 N–H and O–H groups in total. The summed E-state index contributed by atoms with van der Waals surface area (Å²) >= 11 is 1.37. The summed E-state index contributed by atoms with van der Waals surface area (Å²) in [7, 11) is -3.34. The van der Waals surface area contributed by atoms with Crippen molar-refractivity contribution in [2.45, 2.75) is 18.2 Å². The number of ether oxygens (including phenoxy) is 1. The van der Waals surface area contributed by atoms with Gasteiger partial charge in [0.2, 0.25) is 0 Å². The molecule has 0 aliphatic rings. The minimum Gasteiger partial charge on any atom is -0.492 e. The molecule has 0 radical (unpaired) electrons. The number of hydrogen-bond donors (Lipinski definition) is 1. The highest BCUT2D eigenvalue weighted by Gasteiger charge is 2.19. The zero-order chi connectivity index (χ0) is 20.7. The molecule has 5 nitrogen and oxygen atoms in total. The Labute approximate surface area is 175 Å². The van der Waals surface area contributed by atoms with Gasteiger partial charge in [0.15, 0.2) is 9.84 Å². The zero-order valence-corrected chi connectivity index (χ0v) is 17.8. The lowest BCUT2D eigenvalue weighted by atomic mass is 10.2. The molecular weight excluding hydrogens is 406 g/mol. The Morgan fingerprint density at radius 3 is 2.34 bits per heavy atom. The molecule has 3 aromatic rings. The summed E-state index contributed by atoms with van der Waals surface area (Å²) in [4.78, 5) is 14.4. The highest BCUT2D eigenvalue weighted by Crippen LogP contribution is 2.36. The van der Waals surface area contributed by atoms with Crippen LogP contribution in [0.3, 0.4) is 0 Å². The van der Waals surface area contributed by atoms with Crippen molar-refractivity contribution in [3.63, 3.8) is 0 Å². The zero-order valence-electron chi connectivity index (χ0n) is 16.1. The standard InChI is InChI=1S/C22H23NO4S2/c1-2-27-19-16-20(17-10-5-3-6-11-17)28-21(19)22(24)23-14-9-15-29(25,26)18-12-7-4-8-13-18/h3-8,10-13,16H,2,9,14-15H2,1H3,(H,23,24). The van der Waals surface area contributed by atoms with E-state index in [0.717, 1.165) is 10.4 Å². The molecule has 29 heavy (non-hydrogen) atoms. The Hall–Kier alpha value is -2.64. The fourth-order valence-corrected chi connectivity index (χ4v) is 5.19. The van der Waals surface area contributed by atoms with Gasteiger partial charge in [0, 0.05) is 11.4 Å². The van der Waals surface area contributed by atoms with Crippen LogP contribution in [-0.4, -0.2) is 33.2 Å². The number of benzene rings is 2. The van der Waals surface area contributed by atoms with E-state index in [1.165, 1.54) is 11.3 Å². The van der Waals surface area contributed by atoms with Crippen molar-refractivity contribution in [1.82, 2.24) is 5.32 Å². The van der Waals surface area contributed by atoms with E-state index in [9.17, 15) is 13.2 Å². The van der Waals surface area contributed by atoms with E-state index in [1.807, 2.05) is 43.3 Å². The molecule has 0 aliphatic heterocycles. The Kier molecular flexibility index (Phi) is 7.06. The van der Waals surface area contributed by atoms with Crippen molar-refractivity contribution in [3.8, 4) is 16.2 Å². The molecule has 0 atom stereocenters. The first-order valence-electron chi connectivity index (χ1n) is 9.39. The molecule has 0 aliphatic carbocycles. The van der Waals surface area contributed by atoms with Crippen molar-refractivity contribution in [3.05, 3.63) is 71.6 Å². The summed E-state index contributed by atoms with van der Waals surface area (Å²) in [5.74, 6) is 0.276. The highest BCUT2D eigenvalue weighted by atomic mass is 32.2. The molecule has 2 aromatic carbocycles. The van der Waals surface area contributed by atoms with E-state index >= 15 is 0 Å². The predicted octanol–water partition coefficient (Wildman–Crippen LogP) is 4.41. The van der Waals surface area contributed by atoms with Crippen LogP contribution in [0.2, 0.25) is 0 Å². The van der Waals surface area contributed by atoms with Crippen LogP contribution in [0.25, 0.3) is 10.4 Å². The summed E-state index contributed by atoms with van der Waals surface area (Å²) in [6.07, 6.45) is 0.337. The van der Waals surface area contributed by atoms with Crippen molar-refractivity contribution >= 4 is 27.1 Å². The van der Waals surface area contributed by atoms with Gasteiger partial charge in [0.1, 0.15) is 10.6 Å². The minimum absolute atomic E-state index is 0.0185. The first kappa shape index (κ1) is 21.1. The maximum atomic E-state index is 12.6. The number of rotatable bonds is 9. The lowest BCUT2D eigenvalue weighted by molar-refractivity contribution is 0.0954. The van der Waals surface area contributed by atoms with Crippen LogP contribution in [-0.2, 0) is 9.84 Å². The number of sulfone groups is 1. The van der Waals surface area contributed by atoms with Gasteiger partial charge in [-0.3, -0.25) is 4.79 Å². The van der Waals surface area contributed by atoms with E-state index in [-0.39, 0.29) is 18.2 Å². The van der Waals surface area contributed by atoms with Gasteiger partial charge in [-0.1, -0.05) is 48.5 Å². The molecule has 0 spiro atoms. The SMILES string of the molecule is CCOc1cc(-c2ccccc2)sc1C(=O)NCCCS(=O)(=O)c1ccccc1. The average Bonchev–Trinajstić information content (AvgIpc) is 3.17. The number of thiophene rings is 1. The Morgan fingerprint density at radius 1 is 1.03 bits per heavy atom. The average molecular weight is 430 g/mol. The predicted molar refractivity (Wildman–Crippen MR) is 116 cm³/mol. The van der Waals surface area contributed by atoms with Crippen LogP contribution in [0.5, 0.6) is 5.75 Å². The monoisotopic (exact) mass is 429 g/mol. The normalized spacial score (nSPS) is 11.2. The third-order valence-corrected chi connectivity index (χ3v) is 7.22. The molecule has 0 bridgehead atoms. The van der Waals surface area contributed by atoms with Gasteiger partial charge < -0.3 is 10.1 Å². The summed E-state index contributed by atoms with van der Waals surface area (Å²) in [6, 6.07) is 20.0. The number of hydrogen-bond acceptors (Lipinski definition) is 5. The van der Waals surface area contributed by atoms with Gasteiger partial charge in [0.05, 0.1) is 17.3 Å². The molecule has 152 valence electrons. The van der Waals surface area contributed by atoms with Gasteiger partial charge in [-0.05, 0) is 37.1 Å². The largest absolute Gasteiger partial charge is 0.492 e. The Morgan fingerprint density at radius 2 is 1.69 bits per heavy atom. The van der Waals surface area contributed by atoms with E-state index in [2.05, 4.69) is 5.32 Å². The fraction of sp³-hybridized carbons (Fsp3) is 0.227. The minimum atomic E-state index is -3.34. The fourth-order valence-electron chi connectivity index (χ4n) is 2.83. The van der Waals surface area contributed by atoms with Gasteiger partial charge in [0.25, 0.3) is 5.91 Å². The second-order valence-corrected chi connectivity index (χ2v) is 9.51. The molecule has 1 aromatic heterocycles. The Bertz CT molecular complexity index is 1040. The van der Waals surface area contributed by atoms with E-state index in [0.29, 0.717) is 28.5 Å². The number of nitrogens with one attached hydrogen (secondary N) is 1. The van der Waals surface area contributed by atoms with Crippen molar-refractivity contribution < 1.29 is 17.9 Å². The van der Waals surface area contributed by atoms with Crippen LogP contribution in [0.4, 0.5) is 0 Å². The van der Waals surface area contributed by atoms with Crippen LogP contribution in [0, 0.1) is 0 Å². The van der Waals surface area contributed by atoms with Crippen molar-refractivity contribution in [2.24, 2.45) is 0 Å². The molecule has 0 fully saturated rings. The number of carbonyl (C=O) groups excluding carboxylic acids is 1. The van der Waals surface area contributed by atoms with E-state index < -0.39 is 9.84 Å². The molecular formula is C22H23NO4S2. The maximum absolute atomic E-state index is 12.6. The van der Waals surface area contributed by atoms with Crippen LogP contribution in [0.15, 0.2) is 71.6 Å². The molecule has 1 amide bonds. The highest BCUT2D eigenvalue weighted by molar-refractivity contribution is 7.91. The third-order valence-electron chi connectivity index (χ3n) is 4.24. The van der Waals surface area contributed by atoms with Gasteiger partial charge in [-0.25, -0.2) is 8.42 Å². The van der Waals surface area contributed by atoms with Crippen LogP contribution >= 0.6 is 11.3 Å². The Balaban J connectivity index is 1.62. The number of carbonyl (C=O) groups is 1. The topological polar surface area (TPSA) is 72.5 Å². The summed E-state index contributed by atoms with van der Waals surface area (Å²) < 4.78 is 30.3.